The Kier molecular flexibility index (Phi) is 4.02. The lowest BCUT2D eigenvalue weighted by molar-refractivity contribution is -0.118. The van der Waals surface area contributed by atoms with E-state index in [0.717, 1.165) is 34.5 Å². The van der Waals surface area contributed by atoms with E-state index in [2.05, 4.69) is 24.3 Å². The number of carbonyl (C=O) groups excluding carboxylic acids is 1. The molecule has 6 nitrogen and oxygen atoms in total. The third kappa shape index (κ3) is 2.89. The quantitative estimate of drug-likeness (QED) is 0.841. The Morgan fingerprint density at radius 3 is 2.85 bits per heavy atom. The lowest BCUT2D eigenvalue weighted by Gasteiger charge is -2.37. The van der Waals surface area contributed by atoms with Gasteiger partial charge in [0.25, 0.3) is 0 Å². The summed E-state index contributed by atoms with van der Waals surface area (Å²) in [5.74, 6) is 0.887. The van der Waals surface area contributed by atoms with Gasteiger partial charge >= 0.3 is 0 Å². The van der Waals surface area contributed by atoms with Crippen molar-refractivity contribution in [2.75, 3.05) is 11.9 Å². The van der Waals surface area contributed by atoms with Crippen LogP contribution in [-0.4, -0.2) is 22.7 Å². The van der Waals surface area contributed by atoms with Crippen LogP contribution in [0.5, 0.6) is 11.5 Å². The monoisotopic (exact) mass is 368 g/mol. The van der Waals surface area contributed by atoms with Crippen LogP contribution in [0, 0.1) is 12.3 Å². The van der Waals surface area contributed by atoms with Gasteiger partial charge in [-0.2, -0.15) is 0 Å². The Hall–Kier alpha value is -2.76. The predicted octanol–water partition coefficient (Wildman–Crippen LogP) is 4.29. The molecule has 2 heterocycles. The number of rotatable bonds is 3. The number of hydrogen-bond donors (Lipinski definition) is 2. The third-order valence-electron chi connectivity index (χ3n) is 5.29. The summed E-state index contributed by atoms with van der Waals surface area (Å²) < 4.78 is 10.9. The van der Waals surface area contributed by atoms with E-state index < -0.39 is 0 Å². The molecule has 0 amide bonds. The first kappa shape index (κ1) is 17.6. The number of benzene rings is 1. The van der Waals surface area contributed by atoms with Crippen LogP contribution in [0.3, 0.4) is 0 Å². The fourth-order valence-corrected chi connectivity index (χ4v) is 4.19. The van der Waals surface area contributed by atoms with Crippen molar-refractivity contribution >= 4 is 11.7 Å². The molecule has 2 N–H and O–H groups in total. The highest BCUT2D eigenvalue weighted by Crippen LogP contribution is 2.50. The number of carbonyl (C=O) groups is 1. The molecule has 0 radical (unpaired) electrons. The summed E-state index contributed by atoms with van der Waals surface area (Å²) in [5, 5.41) is 17.8. The first-order valence-electron chi connectivity index (χ1n) is 9.26. The number of phenolic OH excluding ortho intramolecular Hbond substituents is 1. The summed E-state index contributed by atoms with van der Waals surface area (Å²) in [4.78, 5) is 13.1. The molecule has 142 valence electrons. The Morgan fingerprint density at radius 1 is 1.37 bits per heavy atom. The lowest BCUT2D eigenvalue weighted by Crippen LogP contribution is -2.33. The summed E-state index contributed by atoms with van der Waals surface area (Å²) in [6.45, 7) is 8.39. The van der Waals surface area contributed by atoms with Gasteiger partial charge in [-0.1, -0.05) is 25.1 Å². The number of ether oxygens (including phenoxy) is 1. The van der Waals surface area contributed by atoms with Crippen LogP contribution in [0.4, 0.5) is 5.88 Å². The molecule has 2 aromatic rings. The molecule has 27 heavy (non-hydrogen) atoms. The summed E-state index contributed by atoms with van der Waals surface area (Å²) >= 11 is 0. The van der Waals surface area contributed by atoms with Gasteiger partial charge in [0, 0.05) is 23.6 Å². The second-order valence-corrected chi connectivity index (χ2v) is 8.06. The van der Waals surface area contributed by atoms with E-state index in [0.29, 0.717) is 24.7 Å². The highest BCUT2D eigenvalue weighted by atomic mass is 16.5. The van der Waals surface area contributed by atoms with E-state index in [1.165, 1.54) is 0 Å². The van der Waals surface area contributed by atoms with Crippen LogP contribution in [0.15, 0.2) is 34.0 Å². The molecule has 0 bridgehead atoms. The first-order chi connectivity index (χ1) is 12.8. The molecule has 4 rings (SSSR count). The first-order valence-corrected chi connectivity index (χ1v) is 9.26. The minimum absolute atomic E-state index is 0.0641. The molecule has 1 aliphatic carbocycles. The van der Waals surface area contributed by atoms with Crippen molar-refractivity contribution in [3.05, 3.63) is 46.3 Å². The molecule has 0 unspecified atom stereocenters. The average Bonchev–Trinajstić information content (AvgIpc) is 2.95. The van der Waals surface area contributed by atoms with Crippen LogP contribution < -0.4 is 10.1 Å². The van der Waals surface area contributed by atoms with Crippen LogP contribution in [0.2, 0.25) is 0 Å². The van der Waals surface area contributed by atoms with Gasteiger partial charge in [0.1, 0.15) is 0 Å². The number of nitrogens with zero attached hydrogens (tertiary/aromatic N) is 1. The van der Waals surface area contributed by atoms with E-state index in [1.807, 2.05) is 19.9 Å². The molecule has 1 atom stereocenters. The zero-order chi connectivity index (χ0) is 19.3. The van der Waals surface area contributed by atoms with Crippen LogP contribution in [-0.2, 0) is 4.79 Å². The molecular formula is C21H24N2O4. The molecule has 0 fully saturated rings. The van der Waals surface area contributed by atoms with Crippen molar-refractivity contribution in [3.8, 4) is 11.5 Å². The Morgan fingerprint density at radius 2 is 2.15 bits per heavy atom. The van der Waals surface area contributed by atoms with Gasteiger partial charge in [0.15, 0.2) is 17.3 Å². The van der Waals surface area contributed by atoms with E-state index in [4.69, 9.17) is 9.26 Å². The highest BCUT2D eigenvalue weighted by Gasteiger charge is 2.43. The maximum absolute atomic E-state index is 13.1. The average molecular weight is 368 g/mol. The number of phenols is 1. The minimum atomic E-state index is -0.312. The zero-order valence-electron chi connectivity index (χ0n) is 16.0. The van der Waals surface area contributed by atoms with Gasteiger partial charge in [-0.25, -0.2) is 0 Å². The van der Waals surface area contributed by atoms with Gasteiger partial charge in [-0.3, -0.25) is 4.79 Å². The van der Waals surface area contributed by atoms with Crippen molar-refractivity contribution in [3.63, 3.8) is 0 Å². The SMILES string of the molecule is CCOc1ccc([C@H]2C3=C(CC(C)(C)CC3=O)Nc3onc(C)c32)cc1O. The maximum atomic E-state index is 13.1. The molecule has 0 saturated carbocycles. The van der Waals surface area contributed by atoms with Gasteiger partial charge in [0.05, 0.1) is 17.9 Å². The number of allylic oxidation sites excluding steroid dienone is 2. The van der Waals surface area contributed by atoms with Gasteiger partial charge in [-0.05, 0) is 43.4 Å². The van der Waals surface area contributed by atoms with Crippen molar-refractivity contribution in [2.24, 2.45) is 5.41 Å². The molecule has 6 heteroatoms. The van der Waals surface area contributed by atoms with E-state index in [-0.39, 0.29) is 22.9 Å². The van der Waals surface area contributed by atoms with Crippen molar-refractivity contribution in [1.82, 2.24) is 5.16 Å². The highest BCUT2D eigenvalue weighted by molar-refractivity contribution is 6.01. The number of anilines is 1. The number of fused-ring (bicyclic) bond motifs is 1. The van der Waals surface area contributed by atoms with Gasteiger partial charge in [0.2, 0.25) is 5.88 Å². The fraction of sp³-hybridized carbons (Fsp3) is 0.429. The van der Waals surface area contributed by atoms with Gasteiger partial charge < -0.3 is 19.7 Å². The number of nitrogens with one attached hydrogen (secondary N) is 1. The van der Waals surface area contributed by atoms with Crippen molar-refractivity contribution in [2.45, 2.75) is 46.5 Å². The number of Topliss-reactive ketones (excluding diaryl/α,β-unsaturated/α-hetero) is 1. The minimum Gasteiger partial charge on any atom is -0.504 e. The van der Waals surface area contributed by atoms with E-state index in [1.54, 1.807) is 12.1 Å². The van der Waals surface area contributed by atoms with Crippen LogP contribution >= 0.6 is 0 Å². The number of aryl methyl sites for hydroxylation is 1. The third-order valence-corrected chi connectivity index (χ3v) is 5.29. The number of hydrogen-bond acceptors (Lipinski definition) is 6. The largest absolute Gasteiger partial charge is 0.504 e. The molecule has 0 spiro atoms. The van der Waals surface area contributed by atoms with Crippen molar-refractivity contribution in [1.29, 1.82) is 0 Å². The summed E-state index contributed by atoms with van der Waals surface area (Å²) in [5.41, 5.74) is 3.94. The Balaban J connectivity index is 1.88. The van der Waals surface area contributed by atoms with E-state index in [9.17, 15) is 9.90 Å². The molecule has 1 aromatic heterocycles. The number of aromatic hydroxyl groups is 1. The fourth-order valence-electron chi connectivity index (χ4n) is 4.19. The van der Waals surface area contributed by atoms with E-state index >= 15 is 0 Å². The maximum Gasteiger partial charge on any atom is 0.233 e. The van der Waals surface area contributed by atoms with Gasteiger partial charge in [-0.15, -0.1) is 0 Å². The number of aromatic nitrogens is 1. The van der Waals surface area contributed by atoms with Crippen LogP contribution in [0.25, 0.3) is 0 Å². The Labute approximate surface area is 158 Å². The second kappa shape index (κ2) is 6.15. The summed E-state index contributed by atoms with van der Waals surface area (Å²) in [7, 11) is 0. The van der Waals surface area contributed by atoms with Crippen LogP contribution in [0.1, 0.15) is 56.4 Å². The lowest BCUT2D eigenvalue weighted by atomic mass is 9.69. The zero-order valence-corrected chi connectivity index (χ0v) is 16.0. The Bertz CT molecular complexity index is 955. The summed E-state index contributed by atoms with van der Waals surface area (Å²) in [6.07, 6.45) is 1.25. The predicted molar refractivity (Wildman–Crippen MR) is 101 cm³/mol. The molecule has 2 aliphatic rings. The summed E-state index contributed by atoms with van der Waals surface area (Å²) in [6, 6.07) is 5.32. The molecule has 0 saturated heterocycles. The molecule has 1 aliphatic heterocycles. The normalized spacial score (nSPS) is 20.7. The second-order valence-electron chi connectivity index (χ2n) is 8.06. The van der Waals surface area contributed by atoms with Crippen molar-refractivity contribution < 1.29 is 19.2 Å². The topological polar surface area (TPSA) is 84.6 Å². The molecule has 1 aromatic carbocycles. The molecular weight excluding hydrogens is 344 g/mol. The standard InChI is InChI=1S/C21H24N2O4/c1-5-26-16-7-6-12(8-14(16)24)18-17-11(2)23-27-20(17)22-13-9-21(3,4)10-15(25)19(13)18/h6-8,18,22,24H,5,9-10H2,1-4H3/t18-/m1/s1. The smallest absolute Gasteiger partial charge is 0.233 e. The number of ketones is 1.